The third kappa shape index (κ3) is 7.01. The summed E-state index contributed by atoms with van der Waals surface area (Å²) in [5.74, 6) is -1.96. The molecular weight excluding hydrogens is 631 g/mol. The van der Waals surface area contributed by atoms with Crippen LogP contribution in [-0.4, -0.2) is 34.7 Å². The fourth-order valence-corrected chi connectivity index (χ4v) is 6.39. The first-order chi connectivity index (χ1) is 21.7. The van der Waals surface area contributed by atoms with Gasteiger partial charge in [-0.15, -0.1) is 0 Å². The van der Waals surface area contributed by atoms with Crippen molar-refractivity contribution >= 4 is 17.6 Å². The number of carbonyl (C=O) groups excluding carboxylic acids is 1. The molecule has 1 aliphatic carbocycles. The Balaban J connectivity index is 1.52. The summed E-state index contributed by atoms with van der Waals surface area (Å²) in [6, 6.07) is 9.46. The number of ether oxygens (including phenoxy) is 1. The molecule has 12 heteroatoms. The van der Waals surface area contributed by atoms with Gasteiger partial charge in [-0.2, -0.15) is 26.3 Å². The van der Waals surface area contributed by atoms with E-state index in [1.54, 1.807) is 13.0 Å². The first-order valence-corrected chi connectivity index (χ1v) is 14.9. The number of hydrogen-bond donors (Lipinski definition) is 1. The second kappa shape index (κ2) is 12.0. The van der Waals surface area contributed by atoms with E-state index >= 15 is 4.39 Å². The molecule has 1 aliphatic heterocycles. The lowest BCUT2D eigenvalue weighted by Gasteiger charge is -2.35. The second-order valence-electron chi connectivity index (χ2n) is 13.0. The monoisotopic (exact) mass is 663 g/mol. The number of nitrogens with zero attached hydrogens (tertiary/aromatic N) is 1. The molecule has 5 rings (SSSR count). The van der Waals surface area contributed by atoms with E-state index in [1.165, 1.54) is 24.0 Å². The van der Waals surface area contributed by atoms with Gasteiger partial charge in [0.2, 0.25) is 0 Å². The van der Waals surface area contributed by atoms with E-state index < -0.39 is 59.1 Å². The molecule has 0 unspecified atom stereocenters. The topological polar surface area (TPSA) is 66.8 Å². The number of benzene rings is 3. The number of carboxylic acids is 1. The van der Waals surface area contributed by atoms with Gasteiger partial charge in [-0.3, -0.25) is 4.90 Å². The van der Waals surface area contributed by atoms with Crippen LogP contribution < -0.4 is 0 Å². The highest BCUT2D eigenvalue weighted by atomic mass is 19.4. The molecule has 2 aliphatic rings. The maximum Gasteiger partial charge on any atom is 0.416 e. The molecule has 0 aromatic heterocycles. The molecular formula is C35H32F7NO4. The van der Waals surface area contributed by atoms with Crippen molar-refractivity contribution in [3.8, 4) is 11.1 Å². The van der Waals surface area contributed by atoms with Crippen molar-refractivity contribution in [2.24, 2.45) is 5.41 Å². The van der Waals surface area contributed by atoms with Gasteiger partial charge in [-0.25, -0.2) is 14.0 Å². The van der Waals surface area contributed by atoms with Crippen LogP contribution >= 0.6 is 0 Å². The van der Waals surface area contributed by atoms with Crippen molar-refractivity contribution in [2.45, 2.75) is 71.5 Å². The molecule has 47 heavy (non-hydrogen) atoms. The highest BCUT2D eigenvalue weighted by Crippen LogP contribution is 2.46. The number of allylic oxidation sites excluding steroid dienone is 1. The number of amides is 1. The summed E-state index contributed by atoms with van der Waals surface area (Å²) in [7, 11) is 0. The summed E-state index contributed by atoms with van der Waals surface area (Å²) in [4.78, 5) is 25.8. The van der Waals surface area contributed by atoms with Gasteiger partial charge in [0.15, 0.2) is 0 Å². The summed E-state index contributed by atoms with van der Waals surface area (Å²) in [5.41, 5.74) is 0.211. The van der Waals surface area contributed by atoms with Gasteiger partial charge in [0.25, 0.3) is 0 Å². The standard InChI is InChI=1S/C35H32F7NO4/c1-18-5-6-20(13-28(18)27-8-7-21(31(44)45)14-29(27)36)26-9-10-33(3,4)16-23(26)17-43-19(2)30(47-32(43)46)22-11-24(34(37,38)39)15-25(12-22)35(40,41)42/h5-8,11-15,19,30H,9-10,16-17H2,1-4H3,(H,44,45)/t19-,30-/m0/s1. The number of cyclic esters (lactones) is 1. The summed E-state index contributed by atoms with van der Waals surface area (Å²) in [5, 5.41) is 9.24. The molecule has 3 aromatic rings. The van der Waals surface area contributed by atoms with Crippen LogP contribution in [0.1, 0.15) is 84.3 Å². The number of aryl methyl sites for hydroxylation is 1. The van der Waals surface area contributed by atoms with Gasteiger partial charge in [0.1, 0.15) is 11.9 Å². The van der Waals surface area contributed by atoms with Gasteiger partial charge in [-0.05, 0) is 108 Å². The SMILES string of the molecule is Cc1ccc(C2=C(CN3C(=O)O[C@H](c4cc(C(F)(F)F)cc(C(F)(F)F)c4)[C@@H]3C)CC(C)(C)CC2)cc1-c1ccc(C(=O)O)cc1F. The Bertz CT molecular complexity index is 1740. The Labute approximate surface area is 266 Å². The van der Waals surface area contributed by atoms with Crippen LogP contribution in [0.25, 0.3) is 16.7 Å². The van der Waals surface area contributed by atoms with Crippen molar-refractivity contribution in [3.05, 3.63) is 99.4 Å². The molecule has 5 nitrogen and oxygen atoms in total. The van der Waals surface area contributed by atoms with Gasteiger partial charge >= 0.3 is 24.4 Å². The van der Waals surface area contributed by atoms with E-state index in [4.69, 9.17) is 4.74 Å². The van der Waals surface area contributed by atoms with Crippen LogP contribution in [0.2, 0.25) is 0 Å². The Hall–Kier alpha value is -4.35. The number of carbonyl (C=O) groups is 2. The molecule has 0 radical (unpaired) electrons. The highest BCUT2D eigenvalue weighted by Gasteiger charge is 2.44. The van der Waals surface area contributed by atoms with Gasteiger partial charge in [0, 0.05) is 12.1 Å². The number of carboxylic acid groups (broad SMARTS) is 1. The summed E-state index contributed by atoms with van der Waals surface area (Å²) in [6.45, 7) is 7.44. The Morgan fingerprint density at radius 3 is 2.17 bits per heavy atom. The van der Waals surface area contributed by atoms with Crippen LogP contribution in [0.3, 0.4) is 0 Å². The lowest BCUT2D eigenvalue weighted by atomic mass is 9.72. The van der Waals surface area contributed by atoms with Gasteiger partial charge < -0.3 is 9.84 Å². The first-order valence-electron chi connectivity index (χ1n) is 14.9. The molecule has 0 saturated carbocycles. The highest BCUT2D eigenvalue weighted by molar-refractivity contribution is 5.89. The third-order valence-corrected chi connectivity index (χ3v) is 8.95. The summed E-state index contributed by atoms with van der Waals surface area (Å²) in [6.07, 6.45) is -10.4. The minimum Gasteiger partial charge on any atom is -0.478 e. The van der Waals surface area contributed by atoms with Crippen LogP contribution in [-0.2, 0) is 17.1 Å². The van der Waals surface area contributed by atoms with E-state index in [-0.39, 0.29) is 29.2 Å². The van der Waals surface area contributed by atoms with Crippen molar-refractivity contribution < 1.29 is 50.2 Å². The van der Waals surface area contributed by atoms with E-state index in [2.05, 4.69) is 13.8 Å². The van der Waals surface area contributed by atoms with Crippen molar-refractivity contribution in [1.82, 2.24) is 4.90 Å². The average Bonchev–Trinajstić information content (AvgIpc) is 3.24. The van der Waals surface area contributed by atoms with E-state index in [9.17, 15) is 41.0 Å². The quantitative estimate of drug-likeness (QED) is 0.267. The van der Waals surface area contributed by atoms with Crippen LogP contribution in [0.15, 0.2) is 60.2 Å². The molecule has 1 fully saturated rings. The number of rotatable bonds is 6. The van der Waals surface area contributed by atoms with Crippen LogP contribution in [0.4, 0.5) is 35.5 Å². The minimum absolute atomic E-state index is 0.0191. The van der Waals surface area contributed by atoms with Crippen molar-refractivity contribution in [1.29, 1.82) is 0 Å². The Kier molecular flexibility index (Phi) is 8.70. The van der Waals surface area contributed by atoms with E-state index in [0.717, 1.165) is 34.8 Å². The summed E-state index contributed by atoms with van der Waals surface area (Å²) >= 11 is 0. The first kappa shape index (κ1) is 34.0. The Morgan fingerprint density at radius 1 is 0.957 bits per heavy atom. The fraction of sp³-hybridized carbons (Fsp3) is 0.371. The predicted molar refractivity (Wildman–Crippen MR) is 160 cm³/mol. The lowest BCUT2D eigenvalue weighted by molar-refractivity contribution is -0.143. The van der Waals surface area contributed by atoms with Crippen LogP contribution in [0.5, 0.6) is 0 Å². The van der Waals surface area contributed by atoms with E-state index in [1.807, 2.05) is 12.1 Å². The van der Waals surface area contributed by atoms with Crippen molar-refractivity contribution in [2.75, 3.05) is 6.54 Å². The number of alkyl halides is 6. The predicted octanol–water partition coefficient (Wildman–Crippen LogP) is 10.1. The maximum absolute atomic E-state index is 15.1. The van der Waals surface area contributed by atoms with Crippen LogP contribution in [0, 0.1) is 18.2 Å². The average molecular weight is 664 g/mol. The molecule has 1 heterocycles. The molecule has 3 aromatic carbocycles. The molecule has 0 bridgehead atoms. The number of aromatic carboxylic acids is 1. The maximum atomic E-state index is 15.1. The lowest BCUT2D eigenvalue weighted by Crippen LogP contribution is -2.35. The molecule has 2 atom stereocenters. The zero-order valence-electron chi connectivity index (χ0n) is 25.9. The Morgan fingerprint density at radius 2 is 1.60 bits per heavy atom. The number of halogens is 7. The summed E-state index contributed by atoms with van der Waals surface area (Å²) < 4.78 is 102. The fourth-order valence-electron chi connectivity index (χ4n) is 6.39. The second-order valence-corrected chi connectivity index (χ2v) is 13.0. The third-order valence-electron chi connectivity index (χ3n) is 8.95. The molecule has 1 amide bonds. The number of hydrogen-bond acceptors (Lipinski definition) is 3. The largest absolute Gasteiger partial charge is 0.478 e. The normalized spacial score (nSPS) is 20.1. The smallest absolute Gasteiger partial charge is 0.416 e. The molecule has 250 valence electrons. The molecule has 1 saturated heterocycles. The zero-order valence-corrected chi connectivity index (χ0v) is 25.9. The molecule has 1 N–H and O–H groups in total. The van der Waals surface area contributed by atoms with Gasteiger partial charge in [0.05, 0.1) is 22.7 Å². The van der Waals surface area contributed by atoms with Gasteiger partial charge in [-0.1, -0.05) is 32.0 Å². The van der Waals surface area contributed by atoms with Crippen molar-refractivity contribution in [3.63, 3.8) is 0 Å². The minimum atomic E-state index is -5.05. The zero-order chi connectivity index (χ0) is 34.6. The molecule has 0 spiro atoms. The van der Waals surface area contributed by atoms with E-state index in [0.29, 0.717) is 30.5 Å².